The van der Waals surface area contributed by atoms with Gasteiger partial charge in [-0.3, -0.25) is 4.79 Å². The van der Waals surface area contributed by atoms with Crippen LogP contribution in [0.2, 0.25) is 0 Å². The Morgan fingerprint density at radius 2 is 2.08 bits per heavy atom. The molecule has 26 heavy (non-hydrogen) atoms. The van der Waals surface area contributed by atoms with Gasteiger partial charge in [0.1, 0.15) is 5.75 Å². The first-order chi connectivity index (χ1) is 12.4. The van der Waals surface area contributed by atoms with Crippen molar-refractivity contribution in [2.75, 3.05) is 20.2 Å². The molecule has 0 aliphatic carbocycles. The molecule has 6 nitrogen and oxygen atoms in total. The SMILES string of the molecule is COc1ccccc1C(=O)N1CCCC(c2nnc(CC(C)(C)C)o2)C1. The van der Waals surface area contributed by atoms with Crippen LogP contribution in [0.25, 0.3) is 0 Å². The predicted octanol–water partition coefficient (Wildman–Crippen LogP) is 3.69. The average molecular weight is 357 g/mol. The maximum Gasteiger partial charge on any atom is 0.257 e. The fourth-order valence-electron chi connectivity index (χ4n) is 3.31. The molecule has 1 unspecified atom stereocenters. The highest BCUT2D eigenvalue weighted by Gasteiger charge is 2.30. The molecule has 1 saturated heterocycles. The van der Waals surface area contributed by atoms with Crippen molar-refractivity contribution in [1.82, 2.24) is 15.1 Å². The zero-order valence-corrected chi connectivity index (χ0v) is 16.0. The average Bonchev–Trinajstić information content (AvgIpc) is 3.07. The molecular formula is C20H27N3O3. The number of methoxy groups -OCH3 is 1. The zero-order valence-electron chi connectivity index (χ0n) is 16.0. The van der Waals surface area contributed by atoms with E-state index in [0.29, 0.717) is 29.6 Å². The lowest BCUT2D eigenvalue weighted by Gasteiger charge is -2.31. The maximum atomic E-state index is 12.9. The van der Waals surface area contributed by atoms with Gasteiger partial charge in [-0.15, -0.1) is 10.2 Å². The summed E-state index contributed by atoms with van der Waals surface area (Å²) in [5.74, 6) is 1.98. The van der Waals surface area contributed by atoms with Gasteiger partial charge in [0.2, 0.25) is 11.8 Å². The van der Waals surface area contributed by atoms with Gasteiger partial charge in [0.05, 0.1) is 18.6 Å². The third-order valence-electron chi connectivity index (χ3n) is 4.56. The number of para-hydroxylation sites is 1. The van der Waals surface area contributed by atoms with Crippen LogP contribution in [-0.2, 0) is 6.42 Å². The second-order valence-electron chi connectivity index (χ2n) is 8.06. The Morgan fingerprint density at radius 1 is 1.31 bits per heavy atom. The molecule has 0 spiro atoms. The molecule has 3 rings (SSSR count). The van der Waals surface area contributed by atoms with Crippen molar-refractivity contribution >= 4 is 5.91 Å². The van der Waals surface area contributed by atoms with E-state index in [1.165, 1.54) is 0 Å². The molecule has 1 aliphatic rings. The summed E-state index contributed by atoms with van der Waals surface area (Å²) in [6.07, 6.45) is 2.62. The standard InChI is InChI=1S/C20H27N3O3/c1-20(2,3)12-17-21-22-18(26-17)14-8-7-11-23(13-14)19(24)15-9-5-6-10-16(15)25-4/h5-6,9-10,14H,7-8,11-13H2,1-4H3. The van der Waals surface area contributed by atoms with E-state index in [-0.39, 0.29) is 17.2 Å². The van der Waals surface area contributed by atoms with E-state index in [4.69, 9.17) is 9.15 Å². The summed E-state index contributed by atoms with van der Waals surface area (Å²) in [6, 6.07) is 7.34. The smallest absolute Gasteiger partial charge is 0.257 e. The van der Waals surface area contributed by atoms with Crippen molar-refractivity contribution in [3.8, 4) is 5.75 Å². The van der Waals surface area contributed by atoms with Gasteiger partial charge in [-0.25, -0.2) is 0 Å². The number of carbonyl (C=O) groups excluding carboxylic acids is 1. The molecule has 0 radical (unpaired) electrons. The summed E-state index contributed by atoms with van der Waals surface area (Å²) in [4.78, 5) is 14.8. The Morgan fingerprint density at radius 3 is 2.81 bits per heavy atom. The molecule has 0 bridgehead atoms. The van der Waals surface area contributed by atoms with Crippen LogP contribution in [0.4, 0.5) is 0 Å². The van der Waals surface area contributed by atoms with Gasteiger partial charge in [-0.05, 0) is 30.4 Å². The number of aromatic nitrogens is 2. The molecule has 1 fully saturated rings. The number of nitrogens with zero attached hydrogens (tertiary/aromatic N) is 3. The molecule has 2 heterocycles. The van der Waals surface area contributed by atoms with Gasteiger partial charge < -0.3 is 14.1 Å². The summed E-state index contributed by atoms with van der Waals surface area (Å²) in [5.41, 5.74) is 0.692. The Labute approximate surface area is 154 Å². The fraction of sp³-hybridized carbons (Fsp3) is 0.550. The quantitative estimate of drug-likeness (QED) is 0.835. The molecule has 1 amide bonds. The second-order valence-corrected chi connectivity index (χ2v) is 8.06. The molecule has 2 aromatic rings. The Bertz CT molecular complexity index is 764. The lowest BCUT2D eigenvalue weighted by atomic mass is 9.92. The highest BCUT2D eigenvalue weighted by atomic mass is 16.5. The van der Waals surface area contributed by atoms with Gasteiger partial charge in [0.15, 0.2) is 0 Å². The normalized spacial score (nSPS) is 18.0. The minimum Gasteiger partial charge on any atom is -0.496 e. The lowest BCUT2D eigenvalue weighted by Crippen LogP contribution is -2.39. The third-order valence-corrected chi connectivity index (χ3v) is 4.56. The first kappa shape index (κ1) is 18.4. The lowest BCUT2D eigenvalue weighted by molar-refractivity contribution is 0.0694. The number of rotatable bonds is 4. The minimum atomic E-state index is -0.0124. The molecule has 0 N–H and O–H groups in total. The van der Waals surface area contributed by atoms with Crippen LogP contribution >= 0.6 is 0 Å². The summed E-state index contributed by atoms with van der Waals surface area (Å²) < 4.78 is 11.2. The van der Waals surface area contributed by atoms with E-state index >= 15 is 0 Å². The van der Waals surface area contributed by atoms with Crippen LogP contribution in [0, 0.1) is 5.41 Å². The van der Waals surface area contributed by atoms with Gasteiger partial charge in [-0.2, -0.15) is 0 Å². The molecule has 1 aromatic heterocycles. The highest BCUT2D eigenvalue weighted by molar-refractivity contribution is 5.97. The summed E-state index contributed by atoms with van der Waals surface area (Å²) >= 11 is 0. The summed E-state index contributed by atoms with van der Waals surface area (Å²) in [7, 11) is 1.58. The zero-order chi connectivity index (χ0) is 18.7. The summed E-state index contributed by atoms with van der Waals surface area (Å²) in [6.45, 7) is 7.76. The summed E-state index contributed by atoms with van der Waals surface area (Å²) in [5, 5.41) is 8.44. The third kappa shape index (κ3) is 4.23. The van der Waals surface area contributed by atoms with E-state index in [1.54, 1.807) is 13.2 Å². The molecule has 1 aliphatic heterocycles. The first-order valence-electron chi connectivity index (χ1n) is 9.12. The van der Waals surface area contributed by atoms with Gasteiger partial charge in [0.25, 0.3) is 5.91 Å². The number of hydrogen-bond acceptors (Lipinski definition) is 5. The van der Waals surface area contributed by atoms with Crippen molar-refractivity contribution in [1.29, 1.82) is 0 Å². The van der Waals surface area contributed by atoms with Crippen LogP contribution in [0.3, 0.4) is 0 Å². The maximum absolute atomic E-state index is 12.9. The number of piperidine rings is 1. The van der Waals surface area contributed by atoms with Crippen molar-refractivity contribution in [3.05, 3.63) is 41.6 Å². The van der Waals surface area contributed by atoms with Gasteiger partial charge in [-0.1, -0.05) is 32.9 Å². The van der Waals surface area contributed by atoms with Crippen molar-refractivity contribution < 1.29 is 13.9 Å². The van der Waals surface area contributed by atoms with Crippen LogP contribution in [0.15, 0.2) is 28.7 Å². The van der Waals surface area contributed by atoms with E-state index < -0.39 is 0 Å². The highest BCUT2D eigenvalue weighted by Crippen LogP contribution is 2.29. The van der Waals surface area contributed by atoms with Crippen molar-refractivity contribution in [2.45, 2.75) is 46.0 Å². The molecule has 1 aromatic carbocycles. The number of amides is 1. The number of hydrogen-bond donors (Lipinski definition) is 0. The largest absolute Gasteiger partial charge is 0.496 e. The van der Waals surface area contributed by atoms with Crippen LogP contribution in [0.1, 0.15) is 61.7 Å². The number of carbonyl (C=O) groups is 1. The number of likely N-dealkylation sites (tertiary alicyclic amines) is 1. The Hall–Kier alpha value is -2.37. The van der Waals surface area contributed by atoms with Crippen LogP contribution in [0.5, 0.6) is 5.75 Å². The number of benzene rings is 1. The Balaban J connectivity index is 1.72. The van der Waals surface area contributed by atoms with Gasteiger partial charge >= 0.3 is 0 Å². The second kappa shape index (κ2) is 7.48. The minimum absolute atomic E-state index is 0.0124. The molecule has 140 valence electrons. The Kier molecular flexibility index (Phi) is 5.30. The van der Waals surface area contributed by atoms with E-state index in [1.807, 2.05) is 23.1 Å². The first-order valence-corrected chi connectivity index (χ1v) is 9.12. The predicted molar refractivity (Wildman–Crippen MR) is 98.3 cm³/mol. The van der Waals surface area contributed by atoms with E-state index in [9.17, 15) is 4.79 Å². The van der Waals surface area contributed by atoms with E-state index in [0.717, 1.165) is 25.8 Å². The van der Waals surface area contributed by atoms with Gasteiger partial charge in [0, 0.05) is 19.5 Å². The fourth-order valence-corrected chi connectivity index (χ4v) is 3.31. The topological polar surface area (TPSA) is 68.5 Å². The molecule has 6 heteroatoms. The monoisotopic (exact) mass is 357 g/mol. The van der Waals surface area contributed by atoms with Crippen LogP contribution < -0.4 is 4.74 Å². The number of ether oxygens (including phenoxy) is 1. The molecule has 1 atom stereocenters. The molecular weight excluding hydrogens is 330 g/mol. The molecule has 0 saturated carbocycles. The van der Waals surface area contributed by atoms with Crippen molar-refractivity contribution in [3.63, 3.8) is 0 Å². The van der Waals surface area contributed by atoms with Crippen molar-refractivity contribution in [2.24, 2.45) is 5.41 Å². The van der Waals surface area contributed by atoms with Crippen LogP contribution in [-0.4, -0.2) is 41.2 Å². The van der Waals surface area contributed by atoms with E-state index in [2.05, 4.69) is 31.0 Å².